The minimum absolute atomic E-state index is 0.00415. The van der Waals surface area contributed by atoms with Crippen LogP contribution in [0.15, 0.2) is 42.5 Å². The Bertz CT molecular complexity index is 851. The summed E-state index contributed by atoms with van der Waals surface area (Å²) in [5, 5.41) is 12.4. The number of benzene rings is 2. The molecule has 2 amide bonds. The summed E-state index contributed by atoms with van der Waals surface area (Å²) >= 11 is 0. The molecule has 5 nitrogen and oxygen atoms in total. The van der Waals surface area contributed by atoms with Gasteiger partial charge in [-0.1, -0.05) is 55.7 Å². The lowest BCUT2D eigenvalue weighted by atomic mass is 9.73. The van der Waals surface area contributed by atoms with Gasteiger partial charge in [0, 0.05) is 11.8 Å². The molecule has 142 valence electrons. The van der Waals surface area contributed by atoms with E-state index in [-0.39, 0.29) is 25.0 Å². The van der Waals surface area contributed by atoms with Gasteiger partial charge in [0.15, 0.2) is 0 Å². The van der Waals surface area contributed by atoms with E-state index in [2.05, 4.69) is 0 Å². The zero-order valence-electron chi connectivity index (χ0n) is 15.4. The van der Waals surface area contributed by atoms with Gasteiger partial charge in [-0.15, -0.1) is 0 Å². The van der Waals surface area contributed by atoms with Gasteiger partial charge >= 0.3 is 0 Å². The lowest BCUT2D eigenvalue weighted by Gasteiger charge is -2.30. The van der Waals surface area contributed by atoms with Gasteiger partial charge in [-0.2, -0.15) is 0 Å². The average Bonchev–Trinajstić information content (AvgIpc) is 2.91. The van der Waals surface area contributed by atoms with Crippen molar-refractivity contribution in [1.82, 2.24) is 4.90 Å². The lowest BCUT2D eigenvalue weighted by Crippen LogP contribution is -2.42. The maximum Gasteiger partial charge on any atom is 0.235 e. The van der Waals surface area contributed by atoms with E-state index in [1.165, 1.54) is 4.90 Å². The van der Waals surface area contributed by atoms with Crippen LogP contribution in [-0.2, 0) is 9.59 Å². The molecule has 1 aliphatic heterocycles. The normalized spacial score (nSPS) is 20.4. The molecule has 1 saturated heterocycles. The molecule has 4 rings (SSSR count). The van der Waals surface area contributed by atoms with E-state index in [9.17, 15) is 14.7 Å². The van der Waals surface area contributed by atoms with Crippen LogP contribution in [0.4, 0.5) is 0 Å². The summed E-state index contributed by atoms with van der Waals surface area (Å²) < 4.78 is 5.80. The minimum Gasteiger partial charge on any atom is -0.490 e. The second-order valence-corrected chi connectivity index (χ2v) is 7.77. The first-order valence-electron chi connectivity index (χ1n) is 9.72. The highest BCUT2D eigenvalue weighted by Crippen LogP contribution is 2.45. The van der Waals surface area contributed by atoms with Gasteiger partial charge in [0.05, 0.1) is 12.0 Å². The van der Waals surface area contributed by atoms with Crippen LogP contribution < -0.4 is 4.74 Å². The van der Waals surface area contributed by atoms with E-state index >= 15 is 0 Å². The zero-order valence-corrected chi connectivity index (χ0v) is 15.4. The smallest absolute Gasteiger partial charge is 0.235 e. The van der Waals surface area contributed by atoms with E-state index in [1.807, 2.05) is 42.5 Å². The van der Waals surface area contributed by atoms with Gasteiger partial charge in [-0.05, 0) is 24.3 Å². The Morgan fingerprint density at radius 1 is 1.04 bits per heavy atom. The Morgan fingerprint density at radius 2 is 1.78 bits per heavy atom. The molecule has 27 heavy (non-hydrogen) atoms. The van der Waals surface area contributed by atoms with Gasteiger partial charge < -0.3 is 9.84 Å². The molecule has 1 heterocycles. The summed E-state index contributed by atoms with van der Waals surface area (Å²) in [6, 6.07) is 13.6. The third kappa shape index (κ3) is 3.44. The molecular weight excluding hydrogens is 342 g/mol. The van der Waals surface area contributed by atoms with Gasteiger partial charge in [0.1, 0.15) is 18.5 Å². The predicted octanol–water partition coefficient (Wildman–Crippen LogP) is 3.29. The molecule has 2 aliphatic rings. The Hall–Kier alpha value is -2.40. The van der Waals surface area contributed by atoms with Crippen molar-refractivity contribution in [2.45, 2.75) is 44.6 Å². The van der Waals surface area contributed by atoms with E-state index in [0.717, 1.165) is 42.9 Å². The zero-order chi connectivity index (χ0) is 18.9. The van der Waals surface area contributed by atoms with Crippen molar-refractivity contribution >= 4 is 22.6 Å². The number of carbonyl (C=O) groups excluding carboxylic acids is 2. The number of imide groups is 1. The van der Waals surface area contributed by atoms with Crippen LogP contribution in [0, 0.1) is 5.41 Å². The fraction of sp³-hybridized carbons (Fsp3) is 0.455. The highest BCUT2D eigenvalue weighted by atomic mass is 16.5. The summed E-state index contributed by atoms with van der Waals surface area (Å²) in [6.07, 6.45) is 4.09. The van der Waals surface area contributed by atoms with Gasteiger partial charge in [0.25, 0.3) is 0 Å². The number of likely N-dealkylation sites (tertiary alicyclic amines) is 1. The third-order valence-corrected chi connectivity index (χ3v) is 5.87. The number of aliphatic hydroxyl groups excluding tert-OH is 1. The molecular formula is C22H25NO4. The van der Waals surface area contributed by atoms with Crippen LogP contribution in [0.3, 0.4) is 0 Å². The van der Waals surface area contributed by atoms with Crippen molar-refractivity contribution in [3.63, 3.8) is 0 Å². The molecule has 5 heteroatoms. The topological polar surface area (TPSA) is 66.8 Å². The van der Waals surface area contributed by atoms with Crippen LogP contribution >= 0.6 is 0 Å². The number of fused-ring (bicyclic) bond motifs is 1. The number of hydrogen-bond donors (Lipinski definition) is 1. The fourth-order valence-electron chi connectivity index (χ4n) is 4.43. The minimum atomic E-state index is -0.907. The largest absolute Gasteiger partial charge is 0.490 e. The van der Waals surface area contributed by atoms with Gasteiger partial charge in [-0.3, -0.25) is 14.5 Å². The van der Waals surface area contributed by atoms with Crippen LogP contribution in [0.25, 0.3) is 10.8 Å². The molecule has 0 bridgehead atoms. The van der Waals surface area contributed by atoms with Crippen LogP contribution in [-0.4, -0.2) is 41.1 Å². The van der Waals surface area contributed by atoms with E-state index in [1.54, 1.807) is 0 Å². The van der Waals surface area contributed by atoms with Gasteiger partial charge in [-0.25, -0.2) is 0 Å². The number of rotatable bonds is 5. The molecule has 2 fully saturated rings. The summed E-state index contributed by atoms with van der Waals surface area (Å²) in [7, 11) is 0. The van der Waals surface area contributed by atoms with Crippen molar-refractivity contribution in [3.8, 4) is 5.75 Å². The SMILES string of the molecule is O=C1CC2(CCCCC2)C(=O)N1C[C@H](O)COc1cccc2ccccc12. The molecule has 2 aromatic carbocycles. The third-order valence-electron chi connectivity index (χ3n) is 5.87. The average molecular weight is 367 g/mol. The summed E-state index contributed by atoms with van der Waals surface area (Å²) in [5.74, 6) is 0.428. The molecule has 1 spiro atoms. The maximum atomic E-state index is 12.8. The number of β-amino-alcohol motifs (C(OH)–C–C–N with tert-alkyl or cyclic N) is 1. The van der Waals surface area contributed by atoms with E-state index < -0.39 is 11.5 Å². The van der Waals surface area contributed by atoms with Crippen molar-refractivity contribution in [1.29, 1.82) is 0 Å². The first kappa shape index (κ1) is 18.0. The lowest BCUT2D eigenvalue weighted by molar-refractivity contribution is -0.144. The number of nitrogens with zero attached hydrogens (tertiary/aromatic N) is 1. The van der Waals surface area contributed by atoms with Crippen molar-refractivity contribution in [3.05, 3.63) is 42.5 Å². The first-order chi connectivity index (χ1) is 13.1. The van der Waals surface area contributed by atoms with E-state index in [4.69, 9.17) is 4.74 Å². The maximum absolute atomic E-state index is 12.8. The van der Waals surface area contributed by atoms with Crippen molar-refractivity contribution in [2.24, 2.45) is 5.41 Å². The number of ether oxygens (including phenoxy) is 1. The molecule has 2 aromatic rings. The second-order valence-electron chi connectivity index (χ2n) is 7.77. The summed E-state index contributed by atoms with van der Waals surface area (Å²) in [4.78, 5) is 26.5. The molecule has 0 aromatic heterocycles. The summed E-state index contributed by atoms with van der Waals surface area (Å²) in [6.45, 7) is 0.0439. The van der Waals surface area contributed by atoms with E-state index in [0.29, 0.717) is 12.2 Å². The number of hydrogen-bond acceptors (Lipinski definition) is 4. The van der Waals surface area contributed by atoms with Crippen LogP contribution in [0.1, 0.15) is 38.5 Å². The fourth-order valence-corrected chi connectivity index (χ4v) is 4.43. The molecule has 1 N–H and O–H groups in total. The van der Waals surface area contributed by atoms with Gasteiger partial charge in [0.2, 0.25) is 11.8 Å². The quantitative estimate of drug-likeness (QED) is 0.824. The summed E-state index contributed by atoms with van der Waals surface area (Å²) in [5.41, 5.74) is -0.508. The predicted molar refractivity (Wildman–Crippen MR) is 102 cm³/mol. The number of amides is 2. The Balaban J connectivity index is 1.40. The van der Waals surface area contributed by atoms with Crippen LogP contribution in [0.5, 0.6) is 5.75 Å². The first-order valence-corrected chi connectivity index (χ1v) is 9.72. The van der Waals surface area contributed by atoms with Crippen molar-refractivity contribution < 1.29 is 19.4 Å². The highest BCUT2D eigenvalue weighted by molar-refractivity contribution is 6.06. The highest BCUT2D eigenvalue weighted by Gasteiger charge is 2.51. The molecule has 1 aliphatic carbocycles. The van der Waals surface area contributed by atoms with Crippen molar-refractivity contribution in [2.75, 3.05) is 13.2 Å². The Kier molecular flexibility index (Phi) is 4.87. The standard InChI is InChI=1S/C22H25NO4/c24-17(15-27-19-10-6-8-16-7-2-3-9-18(16)19)14-23-20(25)13-22(21(23)26)11-4-1-5-12-22/h2-3,6-10,17,24H,1,4-5,11-15H2/t17-/m0/s1. The Labute approximate surface area is 158 Å². The monoisotopic (exact) mass is 367 g/mol. The Morgan fingerprint density at radius 3 is 2.59 bits per heavy atom. The van der Waals surface area contributed by atoms with Crippen LogP contribution in [0.2, 0.25) is 0 Å². The molecule has 1 saturated carbocycles. The molecule has 0 radical (unpaired) electrons. The number of carbonyl (C=O) groups is 2. The number of aliphatic hydroxyl groups is 1. The molecule has 1 atom stereocenters. The molecule has 0 unspecified atom stereocenters. The second kappa shape index (κ2) is 7.31.